The number of amides is 2. The van der Waals surface area contributed by atoms with Crippen LogP contribution in [0.1, 0.15) is 28.7 Å². The molecule has 128 valence electrons. The van der Waals surface area contributed by atoms with E-state index in [1.54, 1.807) is 24.0 Å². The van der Waals surface area contributed by atoms with Crippen molar-refractivity contribution in [2.75, 3.05) is 6.54 Å². The quantitative estimate of drug-likeness (QED) is 0.771. The maximum Gasteiger partial charge on any atom is 0.287 e. The molecule has 1 aromatic carbocycles. The van der Waals surface area contributed by atoms with E-state index in [0.29, 0.717) is 13.1 Å². The van der Waals surface area contributed by atoms with Gasteiger partial charge < -0.3 is 19.6 Å². The molecule has 2 N–H and O–H groups in total. The van der Waals surface area contributed by atoms with Crippen LogP contribution in [0.15, 0.2) is 47.1 Å². The number of furan rings is 1. The van der Waals surface area contributed by atoms with E-state index in [1.807, 2.05) is 18.2 Å². The Hall–Kier alpha value is -3.02. The van der Waals surface area contributed by atoms with E-state index < -0.39 is 6.04 Å². The molecule has 2 aromatic heterocycles. The van der Waals surface area contributed by atoms with Gasteiger partial charge in [0.15, 0.2) is 5.76 Å². The molecule has 1 atom stereocenters. The molecule has 6 heteroatoms. The van der Waals surface area contributed by atoms with Crippen LogP contribution in [0.25, 0.3) is 10.9 Å². The summed E-state index contributed by atoms with van der Waals surface area (Å²) in [5, 5.41) is 3.86. The third kappa shape index (κ3) is 2.80. The first-order valence-electron chi connectivity index (χ1n) is 8.35. The minimum Gasteiger partial charge on any atom is -0.459 e. The first-order chi connectivity index (χ1) is 12.1. The summed E-state index contributed by atoms with van der Waals surface area (Å²) in [5.74, 6) is -0.260. The number of carbonyl (C=O) groups is 2. The summed E-state index contributed by atoms with van der Waals surface area (Å²) < 4.78 is 5.06. The standard InChI is InChI=1S/C19H19N3O3/c1-12(20-18(23)17-7-4-10-25-17)19(24)22-9-8-16-14(11-22)13-5-2-3-6-15(13)21-16/h2-7,10,12,21H,8-9,11H2,1H3,(H,20,23)/t12-/m1/s1. The zero-order valence-corrected chi connectivity index (χ0v) is 13.9. The minimum atomic E-state index is -0.607. The number of benzene rings is 1. The summed E-state index contributed by atoms with van der Waals surface area (Å²) >= 11 is 0. The number of aromatic nitrogens is 1. The smallest absolute Gasteiger partial charge is 0.287 e. The van der Waals surface area contributed by atoms with Crippen LogP contribution in [0.3, 0.4) is 0 Å². The molecule has 0 bridgehead atoms. The van der Waals surface area contributed by atoms with Gasteiger partial charge in [0.2, 0.25) is 5.91 Å². The van der Waals surface area contributed by atoms with Crippen molar-refractivity contribution in [1.82, 2.24) is 15.2 Å². The summed E-state index contributed by atoms with van der Waals surface area (Å²) in [4.78, 5) is 30.0. The Morgan fingerprint density at radius 2 is 2.08 bits per heavy atom. The summed E-state index contributed by atoms with van der Waals surface area (Å²) in [6.45, 7) is 2.90. The van der Waals surface area contributed by atoms with Crippen molar-refractivity contribution in [3.63, 3.8) is 0 Å². The van der Waals surface area contributed by atoms with Crippen molar-refractivity contribution >= 4 is 22.7 Å². The third-order valence-electron chi connectivity index (χ3n) is 4.66. The van der Waals surface area contributed by atoms with Crippen LogP contribution in [0.2, 0.25) is 0 Å². The number of nitrogens with one attached hydrogen (secondary N) is 2. The molecule has 3 heterocycles. The van der Waals surface area contributed by atoms with Gasteiger partial charge in [-0.2, -0.15) is 0 Å². The zero-order chi connectivity index (χ0) is 17.4. The highest BCUT2D eigenvalue weighted by molar-refractivity contribution is 5.95. The molecule has 4 rings (SSSR count). The molecule has 1 aliphatic heterocycles. The van der Waals surface area contributed by atoms with E-state index in [0.717, 1.165) is 17.3 Å². The molecule has 0 unspecified atom stereocenters. The Bertz CT molecular complexity index is 927. The SMILES string of the molecule is C[C@@H](NC(=O)c1ccco1)C(=O)N1CCc2[nH]c3ccccc3c2C1. The highest BCUT2D eigenvalue weighted by atomic mass is 16.3. The van der Waals surface area contributed by atoms with Gasteiger partial charge in [-0.3, -0.25) is 9.59 Å². The first-order valence-corrected chi connectivity index (χ1v) is 8.35. The second-order valence-corrected chi connectivity index (χ2v) is 6.31. The Kier molecular flexibility index (Phi) is 3.80. The maximum absolute atomic E-state index is 12.7. The lowest BCUT2D eigenvalue weighted by Crippen LogP contribution is -2.48. The fourth-order valence-electron chi connectivity index (χ4n) is 3.37. The van der Waals surface area contributed by atoms with Crippen LogP contribution in [-0.2, 0) is 17.8 Å². The predicted octanol–water partition coefficient (Wildman–Crippen LogP) is 2.46. The largest absolute Gasteiger partial charge is 0.459 e. The third-order valence-corrected chi connectivity index (χ3v) is 4.66. The molecule has 6 nitrogen and oxygen atoms in total. The monoisotopic (exact) mass is 337 g/mol. The number of hydrogen-bond acceptors (Lipinski definition) is 3. The van der Waals surface area contributed by atoms with E-state index in [9.17, 15) is 9.59 Å². The van der Waals surface area contributed by atoms with Gasteiger partial charge in [0.05, 0.1) is 6.26 Å². The average molecular weight is 337 g/mol. The molecule has 3 aromatic rings. The molecule has 2 amide bonds. The van der Waals surface area contributed by atoms with Crippen LogP contribution >= 0.6 is 0 Å². The summed E-state index contributed by atoms with van der Waals surface area (Å²) in [6, 6.07) is 10.7. The lowest BCUT2D eigenvalue weighted by atomic mass is 10.0. The van der Waals surface area contributed by atoms with Gasteiger partial charge in [-0.05, 0) is 25.1 Å². The summed E-state index contributed by atoms with van der Waals surface area (Å²) in [7, 11) is 0. The maximum atomic E-state index is 12.7. The molecule has 0 saturated heterocycles. The highest BCUT2D eigenvalue weighted by Crippen LogP contribution is 2.27. The van der Waals surface area contributed by atoms with E-state index in [4.69, 9.17) is 4.42 Å². The Morgan fingerprint density at radius 3 is 2.88 bits per heavy atom. The number of rotatable bonds is 3. The molecule has 1 aliphatic rings. The fourth-order valence-corrected chi connectivity index (χ4v) is 3.37. The van der Waals surface area contributed by atoms with Gasteiger partial charge in [-0.25, -0.2) is 0 Å². The second kappa shape index (κ2) is 6.12. The van der Waals surface area contributed by atoms with Crippen LogP contribution in [0, 0.1) is 0 Å². The van der Waals surface area contributed by atoms with Crippen molar-refractivity contribution in [3.05, 3.63) is 59.7 Å². The number of hydrogen-bond donors (Lipinski definition) is 2. The van der Waals surface area contributed by atoms with Crippen molar-refractivity contribution in [1.29, 1.82) is 0 Å². The minimum absolute atomic E-state index is 0.0872. The Labute approximate surface area is 144 Å². The van der Waals surface area contributed by atoms with Crippen LogP contribution in [-0.4, -0.2) is 34.3 Å². The van der Waals surface area contributed by atoms with Gasteiger partial charge in [0.25, 0.3) is 5.91 Å². The van der Waals surface area contributed by atoms with E-state index in [2.05, 4.69) is 16.4 Å². The number of aromatic amines is 1. The van der Waals surface area contributed by atoms with Crippen LogP contribution in [0.4, 0.5) is 0 Å². The van der Waals surface area contributed by atoms with Gasteiger partial charge in [0.1, 0.15) is 6.04 Å². The van der Waals surface area contributed by atoms with Crippen molar-refractivity contribution in [2.45, 2.75) is 25.9 Å². The molecule has 0 radical (unpaired) electrons. The summed E-state index contributed by atoms with van der Waals surface area (Å²) in [6.07, 6.45) is 2.22. The zero-order valence-electron chi connectivity index (χ0n) is 13.9. The van der Waals surface area contributed by atoms with Gasteiger partial charge >= 0.3 is 0 Å². The lowest BCUT2D eigenvalue weighted by Gasteiger charge is -2.29. The van der Waals surface area contributed by atoms with Gasteiger partial charge in [-0.15, -0.1) is 0 Å². The second-order valence-electron chi connectivity index (χ2n) is 6.31. The fraction of sp³-hybridized carbons (Fsp3) is 0.263. The number of para-hydroxylation sites is 1. The Balaban J connectivity index is 1.49. The van der Waals surface area contributed by atoms with E-state index >= 15 is 0 Å². The van der Waals surface area contributed by atoms with E-state index in [-0.39, 0.29) is 17.6 Å². The van der Waals surface area contributed by atoms with Crippen LogP contribution in [0.5, 0.6) is 0 Å². The number of nitrogens with zero attached hydrogens (tertiary/aromatic N) is 1. The highest BCUT2D eigenvalue weighted by Gasteiger charge is 2.28. The van der Waals surface area contributed by atoms with Crippen molar-refractivity contribution < 1.29 is 14.0 Å². The first kappa shape index (κ1) is 15.5. The normalized spacial score (nSPS) is 15.0. The molecule has 0 saturated carbocycles. The van der Waals surface area contributed by atoms with E-state index in [1.165, 1.54) is 17.5 Å². The topological polar surface area (TPSA) is 78.3 Å². The number of fused-ring (bicyclic) bond motifs is 3. The van der Waals surface area contributed by atoms with Gasteiger partial charge in [0, 0.05) is 41.7 Å². The molecular weight excluding hydrogens is 318 g/mol. The average Bonchev–Trinajstić information content (AvgIpc) is 3.28. The molecule has 25 heavy (non-hydrogen) atoms. The van der Waals surface area contributed by atoms with Gasteiger partial charge in [-0.1, -0.05) is 18.2 Å². The van der Waals surface area contributed by atoms with Crippen molar-refractivity contribution in [3.8, 4) is 0 Å². The summed E-state index contributed by atoms with van der Waals surface area (Å²) in [5.41, 5.74) is 3.46. The molecular formula is C19H19N3O3. The van der Waals surface area contributed by atoms with Crippen LogP contribution < -0.4 is 5.32 Å². The lowest BCUT2D eigenvalue weighted by molar-refractivity contribution is -0.133. The van der Waals surface area contributed by atoms with Crippen molar-refractivity contribution in [2.24, 2.45) is 0 Å². The molecule has 0 fully saturated rings. The molecule has 0 aliphatic carbocycles. The number of H-pyrrole nitrogens is 1. The molecule has 0 spiro atoms. The predicted molar refractivity (Wildman–Crippen MR) is 93.1 cm³/mol. The Morgan fingerprint density at radius 1 is 1.24 bits per heavy atom. The number of carbonyl (C=O) groups excluding carboxylic acids is 2.